The molecule has 4 heterocycles. The molecule has 4 aliphatic heterocycles. The van der Waals surface area contributed by atoms with Crippen molar-refractivity contribution in [2.75, 3.05) is 19.9 Å². The standard InChI is InChI=1S/C53H48N4O6/c1-30-25-32(3)42(33(4)26-30)46-44-48(62-56(46)40-13-9-7-10-14-40)52(60)54(50(44)58)38-21-17-36(18-22-38)29-37-19-23-39(24-20-37)55-51(59)45-47(43-34(5)27-31(2)28-35(43)6)57(63-49(45)53(55)61)41-15-11-8-12-16-41/h7-28,44-49H,29H2,1-6H3. The van der Waals surface area contributed by atoms with Gasteiger partial charge in [-0.25, -0.2) is 19.9 Å². The summed E-state index contributed by atoms with van der Waals surface area (Å²) >= 11 is 0. The van der Waals surface area contributed by atoms with E-state index in [1.165, 1.54) is 9.80 Å². The second-order valence-corrected chi connectivity index (χ2v) is 17.5. The van der Waals surface area contributed by atoms with Gasteiger partial charge in [0.1, 0.15) is 11.8 Å². The SMILES string of the molecule is Cc1cc(C)c(C2C3C(=O)N(c4ccc(Cc5ccc(N6C(=O)C7ON(c8ccccc8)C(c8c(C)cc(C)cc8C)C7C6=O)cc5)cc4)C(=O)C3ON2c2ccccc2)c(C)c1. The Morgan fingerprint density at radius 2 is 0.746 bits per heavy atom. The number of nitrogens with zero attached hydrogens (tertiary/aromatic N) is 4. The van der Waals surface area contributed by atoms with Crippen molar-refractivity contribution in [2.45, 2.75) is 72.3 Å². The maximum atomic E-state index is 14.4. The van der Waals surface area contributed by atoms with Crippen LogP contribution in [0.1, 0.15) is 67.7 Å². The Kier molecular flexibility index (Phi) is 9.88. The van der Waals surface area contributed by atoms with Crippen LogP contribution < -0.4 is 19.9 Å². The molecule has 0 aliphatic carbocycles. The molecule has 10 nitrogen and oxygen atoms in total. The van der Waals surface area contributed by atoms with Crippen LogP contribution >= 0.6 is 0 Å². The molecule has 0 spiro atoms. The van der Waals surface area contributed by atoms with Crippen LogP contribution in [0.15, 0.2) is 133 Å². The van der Waals surface area contributed by atoms with Crippen LogP contribution in [0.2, 0.25) is 0 Å². The van der Waals surface area contributed by atoms with Crippen molar-refractivity contribution in [1.29, 1.82) is 0 Å². The largest absolute Gasteiger partial charge is 0.273 e. The van der Waals surface area contributed by atoms with Gasteiger partial charge in [-0.3, -0.25) is 28.9 Å². The molecule has 63 heavy (non-hydrogen) atoms. The highest BCUT2D eigenvalue weighted by atomic mass is 16.7. The number of imide groups is 2. The molecule has 0 saturated carbocycles. The first-order valence-corrected chi connectivity index (χ1v) is 21.5. The number of hydroxylamine groups is 2. The van der Waals surface area contributed by atoms with Gasteiger partial charge in [-0.15, -0.1) is 0 Å². The molecule has 4 amide bonds. The Hall–Kier alpha value is -6.88. The van der Waals surface area contributed by atoms with Gasteiger partial charge in [0.25, 0.3) is 11.8 Å². The first-order chi connectivity index (χ1) is 30.4. The molecule has 0 N–H and O–H groups in total. The van der Waals surface area contributed by atoms with E-state index in [2.05, 4.69) is 38.1 Å². The van der Waals surface area contributed by atoms with Gasteiger partial charge in [-0.05, 0) is 141 Å². The van der Waals surface area contributed by atoms with Crippen LogP contribution in [-0.2, 0) is 35.3 Å². The number of anilines is 4. The third kappa shape index (κ3) is 6.63. The summed E-state index contributed by atoms with van der Waals surface area (Å²) in [6, 6.07) is 41.6. The highest BCUT2D eigenvalue weighted by molar-refractivity contribution is 6.24. The Labute approximate surface area is 367 Å². The number of carbonyl (C=O) groups is 4. The number of hydrogen-bond acceptors (Lipinski definition) is 8. The fourth-order valence-electron chi connectivity index (χ4n) is 10.6. The Balaban J connectivity index is 0.869. The second-order valence-electron chi connectivity index (χ2n) is 17.5. The van der Waals surface area contributed by atoms with Crippen LogP contribution in [0.5, 0.6) is 0 Å². The number of hydrogen-bond donors (Lipinski definition) is 0. The Morgan fingerprint density at radius 1 is 0.413 bits per heavy atom. The predicted molar refractivity (Wildman–Crippen MR) is 242 cm³/mol. The lowest BCUT2D eigenvalue weighted by atomic mass is 9.85. The molecule has 4 aliphatic rings. The Morgan fingerprint density at radius 3 is 1.08 bits per heavy atom. The molecule has 4 fully saturated rings. The third-order valence-electron chi connectivity index (χ3n) is 13.1. The normalized spacial score (nSPS) is 23.0. The van der Waals surface area contributed by atoms with Crippen molar-refractivity contribution >= 4 is 46.4 Å². The molecule has 6 unspecified atom stereocenters. The molecule has 10 rings (SSSR count). The van der Waals surface area contributed by atoms with Crippen molar-refractivity contribution in [3.63, 3.8) is 0 Å². The van der Waals surface area contributed by atoms with Crippen molar-refractivity contribution in [2.24, 2.45) is 11.8 Å². The third-order valence-corrected chi connectivity index (χ3v) is 13.1. The van der Waals surface area contributed by atoms with Gasteiger partial charge in [0.2, 0.25) is 11.8 Å². The average molecular weight is 837 g/mol. The highest BCUT2D eigenvalue weighted by Crippen LogP contribution is 2.51. The zero-order valence-corrected chi connectivity index (χ0v) is 36.1. The van der Waals surface area contributed by atoms with Crippen LogP contribution in [0.3, 0.4) is 0 Å². The van der Waals surface area contributed by atoms with Crippen LogP contribution in [0.25, 0.3) is 0 Å². The van der Waals surface area contributed by atoms with Gasteiger partial charge in [-0.1, -0.05) is 96.1 Å². The minimum Gasteiger partial charge on any atom is -0.273 e. The molecule has 0 bridgehead atoms. The minimum absolute atomic E-state index is 0.292. The molecular weight excluding hydrogens is 789 g/mol. The predicted octanol–water partition coefficient (Wildman–Crippen LogP) is 9.23. The molecule has 4 saturated heterocycles. The summed E-state index contributed by atoms with van der Waals surface area (Å²) in [7, 11) is 0. The summed E-state index contributed by atoms with van der Waals surface area (Å²) in [5.74, 6) is -2.83. The van der Waals surface area contributed by atoms with Gasteiger partial charge in [0.05, 0.1) is 34.8 Å². The topological polar surface area (TPSA) is 99.7 Å². The van der Waals surface area contributed by atoms with Crippen molar-refractivity contribution < 1.29 is 28.9 Å². The first-order valence-electron chi connectivity index (χ1n) is 21.5. The summed E-state index contributed by atoms with van der Waals surface area (Å²) in [4.78, 5) is 72.5. The Bertz CT molecular complexity index is 2570. The van der Waals surface area contributed by atoms with Gasteiger partial charge < -0.3 is 0 Å². The van der Waals surface area contributed by atoms with E-state index < -0.39 is 36.1 Å². The van der Waals surface area contributed by atoms with E-state index in [1.807, 2.05) is 113 Å². The molecular formula is C53H48N4O6. The molecule has 316 valence electrons. The lowest BCUT2D eigenvalue weighted by molar-refractivity contribution is -0.127. The fourth-order valence-corrected chi connectivity index (χ4v) is 10.6. The minimum atomic E-state index is -0.967. The molecule has 0 radical (unpaired) electrons. The van der Waals surface area contributed by atoms with E-state index in [-0.39, 0.29) is 23.6 Å². The number of amides is 4. The number of benzene rings is 6. The zero-order chi connectivity index (χ0) is 43.8. The van der Waals surface area contributed by atoms with E-state index in [1.54, 1.807) is 34.4 Å². The molecule has 6 aromatic rings. The van der Waals surface area contributed by atoms with Crippen LogP contribution in [0.4, 0.5) is 22.7 Å². The van der Waals surface area contributed by atoms with Crippen LogP contribution in [-0.4, -0.2) is 35.8 Å². The zero-order valence-electron chi connectivity index (χ0n) is 36.1. The maximum Gasteiger partial charge on any atom is 0.266 e. The summed E-state index contributed by atoms with van der Waals surface area (Å²) in [6.07, 6.45) is -1.38. The van der Waals surface area contributed by atoms with Crippen molar-refractivity contribution in [3.8, 4) is 0 Å². The summed E-state index contributed by atoms with van der Waals surface area (Å²) in [5.41, 5.74) is 12.9. The van der Waals surface area contributed by atoms with Gasteiger partial charge in [0.15, 0.2) is 12.2 Å². The van der Waals surface area contributed by atoms with E-state index in [0.29, 0.717) is 17.8 Å². The lowest BCUT2D eigenvalue weighted by Crippen LogP contribution is -2.37. The number of aryl methyl sites for hydroxylation is 6. The van der Waals surface area contributed by atoms with Crippen molar-refractivity contribution in [3.05, 3.63) is 189 Å². The summed E-state index contributed by atoms with van der Waals surface area (Å²) in [5, 5.41) is 3.50. The van der Waals surface area contributed by atoms with E-state index >= 15 is 0 Å². The molecule has 6 atom stereocenters. The van der Waals surface area contributed by atoms with Crippen LogP contribution in [0, 0.1) is 53.4 Å². The smallest absolute Gasteiger partial charge is 0.266 e. The number of carbonyl (C=O) groups excluding carboxylic acids is 4. The number of fused-ring (bicyclic) bond motifs is 2. The monoisotopic (exact) mass is 836 g/mol. The van der Waals surface area contributed by atoms with Gasteiger partial charge in [-0.2, -0.15) is 0 Å². The fraction of sp³-hybridized carbons (Fsp3) is 0.245. The number of para-hydroxylation sites is 2. The van der Waals surface area contributed by atoms with Crippen molar-refractivity contribution in [1.82, 2.24) is 0 Å². The number of rotatable bonds is 8. The second kappa shape index (κ2) is 15.5. The lowest BCUT2D eigenvalue weighted by Gasteiger charge is -2.31. The van der Waals surface area contributed by atoms with Gasteiger partial charge >= 0.3 is 0 Å². The van der Waals surface area contributed by atoms with E-state index in [9.17, 15) is 19.2 Å². The molecule has 6 aromatic carbocycles. The summed E-state index contributed by atoms with van der Waals surface area (Å²) in [6.45, 7) is 12.3. The molecule has 0 aromatic heterocycles. The summed E-state index contributed by atoms with van der Waals surface area (Å²) < 4.78 is 0. The maximum absolute atomic E-state index is 14.4. The van der Waals surface area contributed by atoms with Gasteiger partial charge in [0, 0.05) is 0 Å². The quantitative estimate of drug-likeness (QED) is 0.140. The average Bonchev–Trinajstić information content (AvgIpc) is 3.97. The van der Waals surface area contributed by atoms with E-state index in [4.69, 9.17) is 9.68 Å². The highest BCUT2D eigenvalue weighted by Gasteiger charge is 2.62. The van der Waals surface area contributed by atoms with E-state index in [0.717, 1.165) is 67.0 Å². The molecule has 10 heteroatoms. The first kappa shape index (κ1) is 40.2.